The fraction of sp³-hybridized carbons (Fsp3) is 0.167. The maximum absolute atomic E-state index is 9.99. The lowest BCUT2D eigenvalue weighted by atomic mass is 10.4. The highest BCUT2D eigenvalue weighted by Gasteiger charge is 1.98. The highest BCUT2D eigenvalue weighted by Crippen LogP contribution is 2.11. The van der Waals surface area contributed by atoms with E-state index < -0.39 is 0 Å². The topological polar surface area (TPSA) is 80.9 Å². The summed E-state index contributed by atoms with van der Waals surface area (Å²) < 4.78 is 0. The molecular weight excluding hydrogens is 144 g/mol. The Morgan fingerprint density at radius 3 is 3.00 bits per heavy atom. The van der Waals surface area contributed by atoms with Gasteiger partial charge >= 0.3 is 0 Å². The zero-order valence-electron chi connectivity index (χ0n) is 6.03. The fourth-order valence-corrected chi connectivity index (χ4v) is 0.662. The van der Waals surface area contributed by atoms with Gasteiger partial charge in [-0.2, -0.15) is 0 Å². The second-order valence-corrected chi connectivity index (χ2v) is 1.98. The molecule has 0 atom stereocenters. The van der Waals surface area contributed by atoms with E-state index in [4.69, 9.17) is 5.73 Å². The normalized spacial score (nSPS) is 9.18. The van der Waals surface area contributed by atoms with E-state index in [0.717, 1.165) is 0 Å². The number of hydrogen-bond donors (Lipinski definition) is 2. The lowest BCUT2D eigenvalue weighted by Gasteiger charge is -2.01. The summed E-state index contributed by atoms with van der Waals surface area (Å²) in [5.41, 5.74) is 5.87. The summed E-state index contributed by atoms with van der Waals surface area (Å²) in [5.74, 6) is 0.864. The van der Waals surface area contributed by atoms with E-state index in [1.54, 1.807) is 6.92 Å². The standard InChI is InChI=1S/C6H8N4O/c1-4-8-2-5(9-3-11)6(7)10-4/h2-3H,1H3,(H,9,11)(H2,7,8,10). The van der Waals surface area contributed by atoms with Crippen LogP contribution >= 0.6 is 0 Å². The van der Waals surface area contributed by atoms with Gasteiger partial charge in [-0.05, 0) is 6.92 Å². The number of aromatic nitrogens is 2. The van der Waals surface area contributed by atoms with Crippen molar-refractivity contribution in [2.24, 2.45) is 0 Å². The highest BCUT2D eigenvalue weighted by atomic mass is 16.1. The summed E-state index contributed by atoms with van der Waals surface area (Å²) >= 11 is 0. The van der Waals surface area contributed by atoms with E-state index in [9.17, 15) is 4.79 Å². The maximum Gasteiger partial charge on any atom is 0.211 e. The van der Waals surface area contributed by atoms with Crippen molar-refractivity contribution >= 4 is 17.9 Å². The van der Waals surface area contributed by atoms with Crippen molar-refractivity contribution in [3.8, 4) is 0 Å². The first-order chi connectivity index (χ1) is 5.24. The summed E-state index contributed by atoms with van der Waals surface area (Å²) in [4.78, 5) is 17.7. The minimum atomic E-state index is 0.282. The summed E-state index contributed by atoms with van der Waals surface area (Å²) in [6.07, 6.45) is 2.00. The van der Waals surface area contributed by atoms with Crippen LogP contribution in [0.3, 0.4) is 0 Å². The summed E-state index contributed by atoms with van der Waals surface area (Å²) in [5, 5.41) is 2.37. The lowest BCUT2D eigenvalue weighted by molar-refractivity contribution is -0.105. The Morgan fingerprint density at radius 2 is 2.45 bits per heavy atom. The van der Waals surface area contributed by atoms with Gasteiger partial charge in [0.1, 0.15) is 11.5 Å². The van der Waals surface area contributed by atoms with Crippen molar-refractivity contribution in [1.82, 2.24) is 9.97 Å². The second kappa shape index (κ2) is 2.96. The fourth-order valence-electron chi connectivity index (χ4n) is 0.662. The number of nitrogens with zero attached hydrogens (tertiary/aromatic N) is 2. The molecule has 5 heteroatoms. The molecule has 0 fully saturated rings. The SMILES string of the molecule is Cc1ncc(NC=O)c(N)n1. The van der Waals surface area contributed by atoms with Gasteiger partial charge in [0.15, 0.2) is 5.82 Å². The quantitative estimate of drug-likeness (QED) is 0.581. The molecule has 1 rings (SSSR count). The average molecular weight is 152 g/mol. The van der Waals surface area contributed by atoms with Crippen molar-refractivity contribution in [3.63, 3.8) is 0 Å². The molecule has 0 bridgehead atoms. The number of anilines is 2. The number of nitrogen functional groups attached to an aromatic ring is 1. The lowest BCUT2D eigenvalue weighted by Crippen LogP contribution is -2.03. The minimum Gasteiger partial charge on any atom is -0.382 e. The smallest absolute Gasteiger partial charge is 0.211 e. The van der Waals surface area contributed by atoms with Gasteiger partial charge in [0, 0.05) is 0 Å². The number of hydrogen-bond acceptors (Lipinski definition) is 4. The summed E-state index contributed by atoms with van der Waals surface area (Å²) in [7, 11) is 0. The predicted molar refractivity (Wildman–Crippen MR) is 40.9 cm³/mol. The third kappa shape index (κ3) is 1.64. The zero-order valence-corrected chi connectivity index (χ0v) is 6.03. The number of amides is 1. The molecule has 3 N–H and O–H groups in total. The molecule has 0 aliphatic carbocycles. The van der Waals surface area contributed by atoms with E-state index in [-0.39, 0.29) is 5.82 Å². The highest BCUT2D eigenvalue weighted by molar-refractivity contribution is 5.76. The van der Waals surface area contributed by atoms with Crippen LogP contribution in [0.5, 0.6) is 0 Å². The molecule has 11 heavy (non-hydrogen) atoms. The predicted octanol–water partition coefficient (Wildman–Crippen LogP) is -0.0645. The molecule has 0 saturated heterocycles. The summed E-state index contributed by atoms with van der Waals surface area (Å²) in [6, 6.07) is 0. The molecule has 0 aromatic carbocycles. The molecule has 1 heterocycles. The van der Waals surface area contributed by atoms with Gasteiger partial charge in [-0.1, -0.05) is 0 Å². The van der Waals surface area contributed by atoms with Crippen molar-refractivity contribution in [3.05, 3.63) is 12.0 Å². The number of nitrogens with one attached hydrogen (secondary N) is 1. The molecule has 5 nitrogen and oxygen atoms in total. The molecule has 1 amide bonds. The largest absolute Gasteiger partial charge is 0.382 e. The van der Waals surface area contributed by atoms with Gasteiger partial charge in [0.2, 0.25) is 6.41 Å². The molecule has 0 saturated carbocycles. The number of aryl methyl sites for hydroxylation is 1. The molecule has 58 valence electrons. The van der Waals surface area contributed by atoms with Gasteiger partial charge in [-0.3, -0.25) is 4.79 Å². The Bertz CT molecular complexity index is 273. The van der Waals surface area contributed by atoms with Crippen LogP contribution in [0.1, 0.15) is 5.82 Å². The van der Waals surface area contributed by atoms with Crippen LogP contribution in [0.25, 0.3) is 0 Å². The van der Waals surface area contributed by atoms with Crippen LogP contribution in [0, 0.1) is 6.92 Å². The van der Waals surface area contributed by atoms with Gasteiger partial charge in [-0.15, -0.1) is 0 Å². The van der Waals surface area contributed by atoms with Crippen molar-refractivity contribution in [1.29, 1.82) is 0 Å². The number of carbonyl (C=O) groups excluding carboxylic acids is 1. The number of nitrogens with two attached hydrogens (primary N) is 1. The molecule has 0 radical (unpaired) electrons. The van der Waals surface area contributed by atoms with Crippen LogP contribution in [-0.4, -0.2) is 16.4 Å². The number of rotatable bonds is 2. The van der Waals surface area contributed by atoms with Crippen LogP contribution in [-0.2, 0) is 4.79 Å². The van der Waals surface area contributed by atoms with E-state index >= 15 is 0 Å². The van der Waals surface area contributed by atoms with Gasteiger partial charge < -0.3 is 11.1 Å². The molecule has 0 unspecified atom stereocenters. The number of carbonyl (C=O) groups is 1. The Kier molecular flexibility index (Phi) is 2.00. The molecule has 0 aliphatic rings. The molecule has 0 aliphatic heterocycles. The third-order valence-electron chi connectivity index (χ3n) is 1.15. The monoisotopic (exact) mass is 152 g/mol. The van der Waals surface area contributed by atoms with Crippen LogP contribution in [0.15, 0.2) is 6.20 Å². The first-order valence-corrected chi connectivity index (χ1v) is 3.03. The average Bonchev–Trinajstić information content (AvgIpc) is 1.95. The Labute approximate surface area is 63.7 Å². The Morgan fingerprint density at radius 1 is 1.73 bits per heavy atom. The second-order valence-electron chi connectivity index (χ2n) is 1.98. The van der Waals surface area contributed by atoms with Gasteiger partial charge in [0.25, 0.3) is 0 Å². The van der Waals surface area contributed by atoms with Gasteiger partial charge in [0.05, 0.1) is 6.20 Å². The molecular formula is C6H8N4O. The summed E-state index contributed by atoms with van der Waals surface area (Å²) in [6.45, 7) is 1.72. The van der Waals surface area contributed by atoms with Crippen LogP contribution in [0.4, 0.5) is 11.5 Å². The first kappa shape index (κ1) is 7.46. The van der Waals surface area contributed by atoms with Crippen molar-refractivity contribution < 1.29 is 4.79 Å². The van der Waals surface area contributed by atoms with Crippen molar-refractivity contribution in [2.75, 3.05) is 11.1 Å². The first-order valence-electron chi connectivity index (χ1n) is 3.03. The third-order valence-corrected chi connectivity index (χ3v) is 1.15. The van der Waals surface area contributed by atoms with Crippen molar-refractivity contribution in [2.45, 2.75) is 6.92 Å². The Hall–Kier alpha value is -1.65. The van der Waals surface area contributed by atoms with E-state index in [1.165, 1.54) is 6.20 Å². The van der Waals surface area contributed by atoms with Crippen LogP contribution < -0.4 is 11.1 Å². The van der Waals surface area contributed by atoms with E-state index in [0.29, 0.717) is 17.9 Å². The Balaban J connectivity index is 2.98. The van der Waals surface area contributed by atoms with E-state index in [1.807, 2.05) is 0 Å². The van der Waals surface area contributed by atoms with E-state index in [2.05, 4.69) is 15.3 Å². The minimum absolute atomic E-state index is 0.282. The maximum atomic E-state index is 9.99. The molecule has 1 aromatic heterocycles. The zero-order chi connectivity index (χ0) is 8.27. The molecule has 0 spiro atoms. The van der Waals surface area contributed by atoms with Crippen LogP contribution in [0.2, 0.25) is 0 Å². The van der Waals surface area contributed by atoms with Gasteiger partial charge in [-0.25, -0.2) is 9.97 Å². The molecule has 1 aromatic rings.